The first kappa shape index (κ1) is 21.4. The van der Waals surface area contributed by atoms with Crippen LogP contribution in [-0.2, 0) is 14.8 Å². The minimum atomic E-state index is -3.82. The molecule has 1 aromatic carbocycles. The summed E-state index contributed by atoms with van der Waals surface area (Å²) in [4.78, 5) is 11.1. The molecule has 1 rings (SSSR count). The molecule has 0 aliphatic carbocycles. The number of ether oxygens (including phenoxy) is 1. The van der Waals surface area contributed by atoms with E-state index >= 15 is 0 Å². The summed E-state index contributed by atoms with van der Waals surface area (Å²) in [6.07, 6.45) is 2.27. The molecular weight excluding hydrogens is 344 g/mol. The lowest BCUT2D eigenvalue weighted by Gasteiger charge is -2.17. The van der Waals surface area contributed by atoms with Crippen molar-refractivity contribution in [2.75, 3.05) is 25.1 Å². The van der Waals surface area contributed by atoms with Crippen molar-refractivity contribution in [1.82, 2.24) is 4.72 Å². The number of rotatable bonds is 12. The fourth-order valence-corrected chi connectivity index (χ4v) is 3.87. The molecule has 8 heteroatoms. The van der Waals surface area contributed by atoms with Gasteiger partial charge in [-0.05, 0) is 44.9 Å². The minimum Gasteiger partial charge on any atom is -0.478 e. The van der Waals surface area contributed by atoms with E-state index in [-0.39, 0.29) is 16.5 Å². The molecule has 0 aliphatic heterocycles. The molecule has 0 bridgehead atoms. The van der Waals surface area contributed by atoms with Gasteiger partial charge in [0, 0.05) is 25.8 Å². The van der Waals surface area contributed by atoms with Crippen molar-refractivity contribution < 1.29 is 23.1 Å². The van der Waals surface area contributed by atoms with E-state index in [0.717, 1.165) is 6.42 Å². The highest BCUT2D eigenvalue weighted by Gasteiger charge is 2.22. The maximum atomic E-state index is 12.7. The Morgan fingerprint density at radius 1 is 1.32 bits per heavy atom. The van der Waals surface area contributed by atoms with Crippen LogP contribution in [0.15, 0.2) is 23.1 Å². The zero-order chi connectivity index (χ0) is 18.9. The molecule has 0 unspecified atom stereocenters. The number of carbonyl (C=O) groups is 1. The smallest absolute Gasteiger partial charge is 0.335 e. The van der Waals surface area contributed by atoms with Crippen LogP contribution in [-0.4, -0.2) is 45.3 Å². The average Bonchev–Trinajstić information content (AvgIpc) is 2.54. The van der Waals surface area contributed by atoms with Crippen LogP contribution in [0.5, 0.6) is 0 Å². The third-order valence-corrected chi connectivity index (χ3v) is 5.21. The molecule has 3 N–H and O–H groups in total. The number of hydrogen-bond acceptors (Lipinski definition) is 5. The third-order valence-electron chi connectivity index (χ3n) is 3.58. The highest BCUT2D eigenvalue weighted by atomic mass is 32.2. The fraction of sp³-hybridized carbons (Fsp3) is 0.588. The van der Waals surface area contributed by atoms with Gasteiger partial charge in [-0.3, -0.25) is 0 Å². The van der Waals surface area contributed by atoms with Crippen LogP contribution in [0, 0.1) is 0 Å². The van der Waals surface area contributed by atoms with Crippen LogP contribution in [0.25, 0.3) is 0 Å². The first-order valence-corrected chi connectivity index (χ1v) is 10.0. The second kappa shape index (κ2) is 10.4. The van der Waals surface area contributed by atoms with Crippen molar-refractivity contribution in [3.05, 3.63) is 23.8 Å². The van der Waals surface area contributed by atoms with Crippen molar-refractivity contribution in [1.29, 1.82) is 0 Å². The van der Waals surface area contributed by atoms with Crippen LogP contribution < -0.4 is 10.0 Å². The summed E-state index contributed by atoms with van der Waals surface area (Å²) in [5.41, 5.74) is 0.320. The molecule has 1 atom stereocenters. The number of anilines is 1. The Hall–Kier alpha value is -1.64. The second-order valence-electron chi connectivity index (χ2n) is 5.80. The van der Waals surface area contributed by atoms with Gasteiger partial charge in [-0.1, -0.05) is 13.3 Å². The topological polar surface area (TPSA) is 105 Å². The molecule has 0 amide bonds. The van der Waals surface area contributed by atoms with Crippen molar-refractivity contribution in [3.63, 3.8) is 0 Å². The summed E-state index contributed by atoms with van der Waals surface area (Å²) in [5.74, 6) is -1.17. The van der Waals surface area contributed by atoms with E-state index in [2.05, 4.69) is 10.0 Å². The summed E-state index contributed by atoms with van der Waals surface area (Å²) in [6.45, 7) is 7.40. The Morgan fingerprint density at radius 2 is 2.04 bits per heavy atom. The first-order valence-electron chi connectivity index (χ1n) is 8.53. The lowest BCUT2D eigenvalue weighted by molar-refractivity contribution is 0.0696. The van der Waals surface area contributed by atoms with Crippen molar-refractivity contribution >= 4 is 21.7 Å². The molecule has 0 spiro atoms. The molecule has 0 fully saturated rings. The van der Waals surface area contributed by atoms with Crippen LogP contribution in [0.1, 0.15) is 50.4 Å². The van der Waals surface area contributed by atoms with Crippen molar-refractivity contribution in [2.24, 2.45) is 0 Å². The predicted octanol–water partition coefficient (Wildman–Crippen LogP) is 2.69. The van der Waals surface area contributed by atoms with Gasteiger partial charge in [0.2, 0.25) is 10.0 Å². The van der Waals surface area contributed by atoms with E-state index in [1.807, 2.05) is 13.8 Å². The fourth-order valence-electron chi connectivity index (χ4n) is 2.39. The van der Waals surface area contributed by atoms with Gasteiger partial charge < -0.3 is 15.2 Å². The summed E-state index contributed by atoms with van der Waals surface area (Å²) in [5, 5.41) is 12.2. The van der Waals surface area contributed by atoms with Gasteiger partial charge in [-0.2, -0.15) is 0 Å². The average molecular weight is 372 g/mol. The Bertz CT molecular complexity index is 661. The quantitative estimate of drug-likeness (QED) is 0.487. The molecular formula is C17H28N2O5S. The standard InChI is InChI=1S/C17H28N2O5S/c1-4-7-13(3)19-25(22,23)16-12-14(17(20)21)8-9-15(16)18-10-6-11-24-5-2/h8-9,12-13,18-19H,4-7,10-11H2,1-3H3,(H,20,21)/t13-/m0/s1. The van der Waals surface area contributed by atoms with E-state index in [1.165, 1.54) is 18.2 Å². The SMILES string of the molecule is CCC[C@H](C)NS(=O)(=O)c1cc(C(=O)O)ccc1NCCCOCC. The monoisotopic (exact) mass is 372 g/mol. The van der Waals surface area contributed by atoms with Crippen molar-refractivity contribution in [2.45, 2.75) is 51.0 Å². The maximum absolute atomic E-state index is 12.7. The zero-order valence-electron chi connectivity index (χ0n) is 15.0. The molecule has 0 radical (unpaired) electrons. The van der Waals surface area contributed by atoms with E-state index < -0.39 is 16.0 Å². The predicted molar refractivity (Wildman–Crippen MR) is 97.7 cm³/mol. The summed E-state index contributed by atoms with van der Waals surface area (Å²) in [6, 6.07) is 3.84. The van der Waals surface area contributed by atoms with Gasteiger partial charge in [0.15, 0.2) is 0 Å². The number of sulfonamides is 1. The van der Waals surface area contributed by atoms with Crippen LogP contribution in [0.2, 0.25) is 0 Å². The number of carboxylic acid groups (broad SMARTS) is 1. The number of nitrogens with one attached hydrogen (secondary N) is 2. The molecule has 25 heavy (non-hydrogen) atoms. The van der Waals surface area contributed by atoms with Gasteiger partial charge in [0.05, 0.1) is 11.3 Å². The molecule has 7 nitrogen and oxygen atoms in total. The molecule has 0 saturated heterocycles. The van der Waals surface area contributed by atoms with Gasteiger partial charge >= 0.3 is 5.97 Å². The molecule has 1 aromatic rings. The van der Waals surface area contributed by atoms with Crippen LogP contribution >= 0.6 is 0 Å². The normalized spacial score (nSPS) is 12.8. The number of hydrogen-bond donors (Lipinski definition) is 3. The Labute approximate surface area is 149 Å². The van der Waals surface area contributed by atoms with E-state index in [4.69, 9.17) is 9.84 Å². The van der Waals surface area contributed by atoms with Crippen LogP contribution in [0.3, 0.4) is 0 Å². The van der Waals surface area contributed by atoms with Crippen LogP contribution in [0.4, 0.5) is 5.69 Å². The van der Waals surface area contributed by atoms with Gasteiger partial charge in [0.1, 0.15) is 4.90 Å². The second-order valence-corrected chi connectivity index (χ2v) is 7.49. The first-order chi connectivity index (χ1) is 11.8. The highest BCUT2D eigenvalue weighted by molar-refractivity contribution is 7.89. The summed E-state index contributed by atoms with van der Waals surface area (Å²) in [7, 11) is -3.82. The lowest BCUT2D eigenvalue weighted by Crippen LogP contribution is -2.33. The van der Waals surface area contributed by atoms with Gasteiger partial charge in [0.25, 0.3) is 0 Å². The maximum Gasteiger partial charge on any atom is 0.335 e. The van der Waals surface area contributed by atoms with E-state index in [9.17, 15) is 13.2 Å². The van der Waals surface area contributed by atoms with Gasteiger partial charge in [-0.25, -0.2) is 17.9 Å². The zero-order valence-corrected chi connectivity index (χ0v) is 15.9. The molecule has 0 heterocycles. The number of carboxylic acids is 1. The number of aromatic carboxylic acids is 1. The van der Waals surface area contributed by atoms with E-state index in [1.54, 1.807) is 6.92 Å². The molecule has 0 aromatic heterocycles. The lowest BCUT2D eigenvalue weighted by atomic mass is 10.2. The Morgan fingerprint density at radius 3 is 2.64 bits per heavy atom. The summed E-state index contributed by atoms with van der Waals surface area (Å²) < 4.78 is 33.2. The molecule has 0 aliphatic rings. The molecule has 0 saturated carbocycles. The molecule has 142 valence electrons. The third kappa shape index (κ3) is 7.01. The van der Waals surface area contributed by atoms with Gasteiger partial charge in [-0.15, -0.1) is 0 Å². The van der Waals surface area contributed by atoms with E-state index in [0.29, 0.717) is 38.3 Å². The Kier molecular flexibility index (Phi) is 8.88. The minimum absolute atomic E-state index is 0.0493. The Balaban J connectivity index is 3.02. The largest absolute Gasteiger partial charge is 0.478 e. The highest BCUT2D eigenvalue weighted by Crippen LogP contribution is 2.23. The summed E-state index contributed by atoms with van der Waals surface area (Å²) >= 11 is 0. The van der Waals surface area contributed by atoms with Crippen molar-refractivity contribution in [3.8, 4) is 0 Å². The number of benzene rings is 1.